The molecule has 2 heterocycles. The summed E-state index contributed by atoms with van der Waals surface area (Å²) in [7, 11) is 1.36. The van der Waals surface area contributed by atoms with Crippen LogP contribution >= 0.6 is 15.9 Å². The van der Waals surface area contributed by atoms with Gasteiger partial charge in [-0.15, -0.1) is 0 Å². The topological polar surface area (TPSA) is 90.0 Å². The van der Waals surface area contributed by atoms with Crippen LogP contribution in [0, 0.1) is 34.4 Å². The predicted octanol–water partition coefficient (Wildman–Crippen LogP) is 6.43. The summed E-state index contributed by atoms with van der Waals surface area (Å²) in [4.78, 5) is 17.9. The van der Waals surface area contributed by atoms with Crippen LogP contribution in [-0.2, 0) is 16.0 Å². The van der Waals surface area contributed by atoms with Gasteiger partial charge in [-0.3, -0.25) is 0 Å². The van der Waals surface area contributed by atoms with Gasteiger partial charge in [0.25, 0.3) is 0 Å². The van der Waals surface area contributed by atoms with Crippen molar-refractivity contribution < 1.29 is 13.9 Å². The molecular weight excluding hydrogens is 547 g/mol. The van der Waals surface area contributed by atoms with Crippen molar-refractivity contribution in [1.82, 2.24) is 4.98 Å². The number of nitrogens with zero attached hydrogens (tertiary/aromatic N) is 4. The molecule has 0 aliphatic carbocycles. The smallest absolute Gasteiger partial charge is 0.330 e. The summed E-state index contributed by atoms with van der Waals surface area (Å²) in [5, 5.41) is 19.1. The molecule has 2 aromatic carbocycles. The van der Waals surface area contributed by atoms with Gasteiger partial charge in [0.05, 0.1) is 12.7 Å². The van der Waals surface area contributed by atoms with E-state index < -0.39 is 5.82 Å². The highest BCUT2D eigenvalue weighted by molar-refractivity contribution is 9.10. The van der Waals surface area contributed by atoms with Crippen molar-refractivity contribution >= 4 is 33.8 Å². The van der Waals surface area contributed by atoms with E-state index in [1.807, 2.05) is 18.2 Å². The molecule has 1 aliphatic rings. The lowest BCUT2D eigenvalue weighted by atomic mass is 9.90. The van der Waals surface area contributed by atoms with E-state index in [4.69, 9.17) is 5.26 Å². The van der Waals surface area contributed by atoms with Crippen LogP contribution in [0.4, 0.5) is 10.2 Å². The zero-order valence-corrected chi connectivity index (χ0v) is 22.5. The van der Waals surface area contributed by atoms with Crippen molar-refractivity contribution in [1.29, 1.82) is 10.5 Å². The number of benzene rings is 2. The molecule has 38 heavy (non-hydrogen) atoms. The zero-order chi connectivity index (χ0) is 27.1. The number of carbonyl (C=O) groups excluding carboxylic acids is 1. The van der Waals surface area contributed by atoms with Crippen molar-refractivity contribution in [3.05, 3.63) is 87.3 Å². The Balaban J connectivity index is 1.40. The minimum atomic E-state index is -0.618. The van der Waals surface area contributed by atoms with Gasteiger partial charge in [-0.05, 0) is 82.4 Å². The van der Waals surface area contributed by atoms with Crippen LogP contribution in [0.15, 0.2) is 59.2 Å². The second kappa shape index (κ2) is 12.5. The normalized spacial score (nSPS) is 13.8. The number of pyridine rings is 1. The number of methoxy groups -OCH3 is 1. The van der Waals surface area contributed by atoms with Gasteiger partial charge in [-0.2, -0.15) is 10.5 Å². The maximum atomic E-state index is 14.3. The molecule has 8 heteroatoms. The minimum Gasteiger partial charge on any atom is -0.466 e. The Labute approximate surface area is 230 Å². The lowest BCUT2D eigenvalue weighted by Crippen LogP contribution is -2.35. The van der Waals surface area contributed by atoms with Gasteiger partial charge in [0, 0.05) is 35.4 Å². The molecule has 1 saturated heterocycles. The molecular formula is C30H26BrFN4O2. The SMILES string of the molecule is COC(=O)/C=C/c1ccc(CCC2CCN(c3ncc(Br)c(-c4ccc(C#N)c(F)c4)c3C#N)CC2)cc1. The first-order valence-corrected chi connectivity index (χ1v) is 13.1. The first-order valence-electron chi connectivity index (χ1n) is 12.3. The molecule has 0 spiro atoms. The molecule has 1 aliphatic heterocycles. The van der Waals surface area contributed by atoms with Crippen LogP contribution in [0.5, 0.6) is 0 Å². The number of hydrogen-bond acceptors (Lipinski definition) is 6. The van der Waals surface area contributed by atoms with Gasteiger partial charge in [-0.25, -0.2) is 14.2 Å². The molecule has 0 radical (unpaired) electrons. The van der Waals surface area contributed by atoms with E-state index in [1.165, 1.54) is 30.9 Å². The minimum absolute atomic E-state index is 0.0360. The molecule has 192 valence electrons. The molecule has 0 saturated carbocycles. The summed E-state index contributed by atoms with van der Waals surface area (Å²) in [6, 6.07) is 16.6. The Bertz CT molecular complexity index is 1430. The van der Waals surface area contributed by atoms with Crippen LogP contribution in [0.1, 0.15) is 41.5 Å². The molecule has 1 fully saturated rings. The van der Waals surface area contributed by atoms with E-state index in [2.05, 4.69) is 48.8 Å². The van der Waals surface area contributed by atoms with E-state index in [0.717, 1.165) is 44.3 Å². The maximum absolute atomic E-state index is 14.3. The molecule has 0 N–H and O–H groups in total. The zero-order valence-electron chi connectivity index (χ0n) is 21.0. The summed E-state index contributed by atoms with van der Waals surface area (Å²) >= 11 is 3.47. The van der Waals surface area contributed by atoms with Gasteiger partial charge < -0.3 is 9.64 Å². The first-order chi connectivity index (χ1) is 18.4. The third kappa shape index (κ3) is 6.27. The van der Waals surface area contributed by atoms with Crippen molar-refractivity contribution in [3.8, 4) is 23.3 Å². The molecule has 0 atom stereocenters. The number of rotatable bonds is 7. The van der Waals surface area contributed by atoms with Gasteiger partial charge in [0.1, 0.15) is 29.3 Å². The van der Waals surface area contributed by atoms with E-state index in [1.54, 1.807) is 18.3 Å². The van der Waals surface area contributed by atoms with Gasteiger partial charge in [0.2, 0.25) is 0 Å². The van der Waals surface area contributed by atoms with Crippen LogP contribution < -0.4 is 4.90 Å². The molecule has 3 aromatic rings. The molecule has 6 nitrogen and oxygen atoms in total. The monoisotopic (exact) mass is 572 g/mol. The molecule has 1 aromatic heterocycles. The van der Waals surface area contributed by atoms with Crippen molar-refractivity contribution in [3.63, 3.8) is 0 Å². The largest absolute Gasteiger partial charge is 0.466 e. The second-order valence-electron chi connectivity index (χ2n) is 9.17. The van der Waals surface area contributed by atoms with Gasteiger partial charge in [0.15, 0.2) is 0 Å². The summed E-state index contributed by atoms with van der Waals surface area (Å²) in [6.45, 7) is 1.57. The van der Waals surface area contributed by atoms with Crippen LogP contribution in [0.3, 0.4) is 0 Å². The molecule has 0 unspecified atom stereocenters. The number of piperidine rings is 1. The van der Waals surface area contributed by atoms with E-state index in [0.29, 0.717) is 32.9 Å². The van der Waals surface area contributed by atoms with Gasteiger partial charge >= 0.3 is 5.97 Å². The predicted molar refractivity (Wildman–Crippen MR) is 148 cm³/mol. The number of aromatic nitrogens is 1. The average Bonchev–Trinajstić information content (AvgIpc) is 2.95. The van der Waals surface area contributed by atoms with E-state index in [9.17, 15) is 14.4 Å². The van der Waals surface area contributed by atoms with Crippen LogP contribution in [0.25, 0.3) is 17.2 Å². The second-order valence-corrected chi connectivity index (χ2v) is 10.0. The number of hydrogen-bond donors (Lipinski definition) is 0. The quantitative estimate of drug-likeness (QED) is 0.239. The number of carbonyl (C=O) groups is 1. The Morgan fingerprint density at radius 2 is 1.92 bits per heavy atom. The van der Waals surface area contributed by atoms with Crippen molar-refractivity contribution in [2.75, 3.05) is 25.1 Å². The highest BCUT2D eigenvalue weighted by atomic mass is 79.9. The highest BCUT2D eigenvalue weighted by Gasteiger charge is 2.25. The van der Waals surface area contributed by atoms with Crippen LogP contribution in [-0.4, -0.2) is 31.2 Å². The third-order valence-electron chi connectivity index (χ3n) is 6.85. The third-order valence-corrected chi connectivity index (χ3v) is 7.45. The Morgan fingerprint density at radius 1 is 1.18 bits per heavy atom. The van der Waals surface area contributed by atoms with Crippen LogP contribution in [0.2, 0.25) is 0 Å². The van der Waals surface area contributed by atoms with Crippen molar-refractivity contribution in [2.24, 2.45) is 5.92 Å². The number of anilines is 1. The maximum Gasteiger partial charge on any atom is 0.330 e. The van der Waals surface area contributed by atoms with E-state index in [-0.39, 0.29) is 11.5 Å². The lowest BCUT2D eigenvalue weighted by Gasteiger charge is -2.33. The number of halogens is 2. The van der Waals surface area contributed by atoms with E-state index >= 15 is 0 Å². The number of ether oxygens (including phenoxy) is 1. The Hall–Kier alpha value is -4.01. The lowest BCUT2D eigenvalue weighted by molar-refractivity contribution is -0.134. The fraction of sp³-hybridized carbons (Fsp3) is 0.267. The average molecular weight is 573 g/mol. The fourth-order valence-electron chi connectivity index (χ4n) is 4.70. The fourth-order valence-corrected chi connectivity index (χ4v) is 5.23. The highest BCUT2D eigenvalue weighted by Crippen LogP contribution is 2.37. The standard InChI is InChI=1S/C30H26BrFN4O2/c1-38-28(37)11-8-21-4-2-20(3-5-21)6-7-22-12-14-36(15-13-22)30-25(18-34)29(26(31)19-35-30)23-9-10-24(17-33)27(32)16-23/h2-5,8-11,16,19,22H,6-7,12-15H2,1H3/b11-8+. The van der Waals surface area contributed by atoms with Gasteiger partial charge in [-0.1, -0.05) is 30.3 Å². The summed E-state index contributed by atoms with van der Waals surface area (Å²) in [6.07, 6.45) is 8.82. The number of aryl methyl sites for hydroxylation is 1. The molecule has 0 amide bonds. The Morgan fingerprint density at radius 3 is 2.55 bits per heavy atom. The first kappa shape index (κ1) is 27.0. The Kier molecular flexibility index (Phi) is 8.89. The summed E-state index contributed by atoms with van der Waals surface area (Å²) in [5.74, 6) is 0.176. The number of esters is 1. The number of nitriles is 2. The molecule has 0 bridgehead atoms. The summed E-state index contributed by atoms with van der Waals surface area (Å²) < 4.78 is 19.5. The molecule has 4 rings (SSSR count). The van der Waals surface area contributed by atoms with Crippen molar-refractivity contribution in [2.45, 2.75) is 25.7 Å². The summed E-state index contributed by atoms with van der Waals surface area (Å²) in [5.41, 5.74) is 3.66.